The number of nitrogens with zero attached hydrogens (tertiary/aromatic N) is 1. The Morgan fingerprint density at radius 3 is 2.70 bits per heavy atom. The van der Waals surface area contributed by atoms with Gasteiger partial charge in [0, 0.05) is 36.3 Å². The van der Waals surface area contributed by atoms with Crippen LogP contribution in [-0.2, 0) is 4.79 Å². The highest BCUT2D eigenvalue weighted by Gasteiger charge is 2.31. The quantitative estimate of drug-likeness (QED) is 0.527. The van der Waals surface area contributed by atoms with Gasteiger partial charge in [-0.3, -0.25) is 9.59 Å². The lowest BCUT2D eigenvalue weighted by molar-refractivity contribution is -0.133. The molecular weight excluding hydrogens is 400 g/mol. The number of halogens is 1. The number of hydrogen-bond acceptors (Lipinski definition) is 4. The van der Waals surface area contributed by atoms with Gasteiger partial charge in [0.2, 0.25) is 5.91 Å². The summed E-state index contributed by atoms with van der Waals surface area (Å²) in [7, 11) is 1.90. The summed E-state index contributed by atoms with van der Waals surface area (Å²) in [6.07, 6.45) is 3.70. The molecule has 168 valence electrons. The smallest absolute Gasteiger partial charge is 0.251 e. The van der Waals surface area contributed by atoms with Crippen LogP contribution in [0.25, 0.3) is 0 Å². The molecule has 7 heteroatoms. The zero-order chi connectivity index (χ0) is 22.1. The third kappa shape index (κ3) is 6.96. The second-order valence-electron chi connectivity index (χ2n) is 8.24. The molecule has 2 unspecified atom stereocenters. The highest BCUT2D eigenvalue weighted by molar-refractivity contribution is 6.31. The van der Waals surface area contributed by atoms with Crippen molar-refractivity contribution in [1.29, 1.82) is 0 Å². The van der Waals surface area contributed by atoms with Crippen molar-refractivity contribution >= 4 is 23.4 Å². The Balaban J connectivity index is 2.02. The lowest BCUT2D eigenvalue weighted by atomic mass is 10.0. The zero-order valence-corrected chi connectivity index (χ0v) is 19.5. The van der Waals surface area contributed by atoms with Crippen LogP contribution in [0, 0.1) is 12.8 Å². The number of nitrogens with one attached hydrogen (secondary N) is 3. The van der Waals surface area contributed by atoms with Crippen molar-refractivity contribution in [2.24, 2.45) is 5.92 Å². The molecule has 0 aliphatic carbocycles. The first-order chi connectivity index (χ1) is 14.4. The van der Waals surface area contributed by atoms with Crippen molar-refractivity contribution in [2.75, 3.05) is 33.2 Å². The molecular formula is C23H37ClN4O2. The maximum Gasteiger partial charge on any atom is 0.251 e. The number of aryl methyl sites for hydroxylation is 1. The molecule has 0 bridgehead atoms. The highest BCUT2D eigenvalue weighted by Crippen LogP contribution is 2.17. The number of carbonyl (C=O) groups excluding carboxylic acids is 2. The van der Waals surface area contributed by atoms with Crippen molar-refractivity contribution in [3.8, 4) is 0 Å². The van der Waals surface area contributed by atoms with Crippen LogP contribution < -0.4 is 16.0 Å². The molecule has 1 aliphatic heterocycles. The number of carbonyl (C=O) groups is 2. The van der Waals surface area contributed by atoms with Crippen LogP contribution in [0.4, 0.5) is 0 Å². The topological polar surface area (TPSA) is 73.5 Å². The van der Waals surface area contributed by atoms with Gasteiger partial charge in [0.1, 0.15) is 0 Å². The van der Waals surface area contributed by atoms with E-state index in [0.717, 1.165) is 50.9 Å². The van der Waals surface area contributed by atoms with Crippen LogP contribution in [0.1, 0.15) is 55.5 Å². The fourth-order valence-corrected chi connectivity index (χ4v) is 4.01. The van der Waals surface area contributed by atoms with Crippen LogP contribution in [-0.4, -0.2) is 62.0 Å². The van der Waals surface area contributed by atoms with E-state index in [2.05, 4.69) is 29.8 Å². The van der Waals surface area contributed by atoms with Crippen LogP contribution >= 0.6 is 11.6 Å². The summed E-state index contributed by atoms with van der Waals surface area (Å²) in [5.74, 6) is 0.563. The molecule has 1 fully saturated rings. The van der Waals surface area contributed by atoms with Gasteiger partial charge in [-0.1, -0.05) is 44.4 Å². The average Bonchev–Trinajstić information content (AvgIpc) is 2.89. The van der Waals surface area contributed by atoms with Gasteiger partial charge in [0.05, 0.1) is 6.04 Å². The summed E-state index contributed by atoms with van der Waals surface area (Å²) >= 11 is 6.15. The van der Waals surface area contributed by atoms with E-state index >= 15 is 0 Å². The molecule has 1 aromatic carbocycles. The monoisotopic (exact) mass is 436 g/mol. The summed E-state index contributed by atoms with van der Waals surface area (Å²) in [6.45, 7) is 9.05. The molecule has 0 radical (unpaired) electrons. The van der Waals surface area contributed by atoms with Crippen LogP contribution in [0.3, 0.4) is 0 Å². The van der Waals surface area contributed by atoms with Gasteiger partial charge in [-0.15, -0.1) is 0 Å². The Morgan fingerprint density at radius 2 is 2.07 bits per heavy atom. The number of benzene rings is 1. The normalized spacial score (nSPS) is 19.8. The summed E-state index contributed by atoms with van der Waals surface area (Å²) in [5, 5.41) is 10.2. The fourth-order valence-electron chi connectivity index (χ4n) is 3.83. The second kappa shape index (κ2) is 12.3. The van der Waals surface area contributed by atoms with Crippen molar-refractivity contribution in [1.82, 2.24) is 20.9 Å². The van der Waals surface area contributed by atoms with Crippen LogP contribution in [0.2, 0.25) is 5.02 Å². The minimum atomic E-state index is -0.231. The number of rotatable bonds is 10. The molecule has 0 aromatic heterocycles. The Bertz CT molecular complexity index is 708. The summed E-state index contributed by atoms with van der Waals surface area (Å²) < 4.78 is 0. The molecule has 3 N–H and O–H groups in total. The predicted octanol–water partition coefficient (Wildman–Crippen LogP) is 2.98. The molecule has 0 saturated carbocycles. The molecule has 1 saturated heterocycles. The molecule has 1 aliphatic rings. The Kier molecular flexibility index (Phi) is 10.1. The summed E-state index contributed by atoms with van der Waals surface area (Å²) in [4.78, 5) is 27.7. The maximum atomic E-state index is 13.1. The van der Waals surface area contributed by atoms with Crippen molar-refractivity contribution in [2.45, 2.75) is 58.5 Å². The van der Waals surface area contributed by atoms with E-state index in [1.54, 1.807) is 12.1 Å². The molecule has 1 heterocycles. The molecule has 2 rings (SSSR count). The van der Waals surface area contributed by atoms with E-state index in [4.69, 9.17) is 11.6 Å². The van der Waals surface area contributed by atoms with E-state index in [1.807, 2.05) is 24.9 Å². The minimum absolute atomic E-state index is 0.0485. The molecule has 1 aromatic rings. The molecule has 2 atom stereocenters. The third-order valence-electron chi connectivity index (χ3n) is 6.05. The fraction of sp³-hybridized carbons (Fsp3) is 0.652. The first kappa shape index (κ1) is 24.6. The van der Waals surface area contributed by atoms with Gasteiger partial charge in [-0.25, -0.2) is 0 Å². The Morgan fingerprint density at radius 1 is 1.33 bits per heavy atom. The second-order valence-corrected chi connectivity index (χ2v) is 8.65. The van der Waals surface area contributed by atoms with Gasteiger partial charge in [-0.2, -0.15) is 0 Å². The van der Waals surface area contributed by atoms with Crippen molar-refractivity contribution < 1.29 is 9.59 Å². The first-order valence-electron chi connectivity index (χ1n) is 11.1. The predicted molar refractivity (Wildman–Crippen MR) is 123 cm³/mol. The van der Waals surface area contributed by atoms with Gasteiger partial charge in [-0.05, 0) is 57.0 Å². The van der Waals surface area contributed by atoms with Gasteiger partial charge in [0.15, 0.2) is 0 Å². The standard InChI is InChI=1S/C23H37ClN4O2/c1-5-17(6-2)15-28-12-10-19(27-21(23(28)30)9-11-25-4)14-26-22(29)18-8-7-16(3)20(24)13-18/h7-8,13,17,19,21,25,27H,5-6,9-12,14-15H2,1-4H3,(H,26,29). The molecule has 30 heavy (non-hydrogen) atoms. The molecule has 0 spiro atoms. The third-order valence-corrected chi connectivity index (χ3v) is 6.46. The summed E-state index contributed by atoms with van der Waals surface area (Å²) in [6, 6.07) is 5.15. The Labute approximate surface area is 186 Å². The highest BCUT2D eigenvalue weighted by atomic mass is 35.5. The minimum Gasteiger partial charge on any atom is -0.350 e. The first-order valence-corrected chi connectivity index (χ1v) is 11.5. The largest absolute Gasteiger partial charge is 0.350 e. The van der Waals surface area contributed by atoms with E-state index in [0.29, 0.717) is 23.0 Å². The van der Waals surface area contributed by atoms with Gasteiger partial charge < -0.3 is 20.9 Å². The van der Waals surface area contributed by atoms with Crippen molar-refractivity contribution in [3.63, 3.8) is 0 Å². The summed E-state index contributed by atoms with van der Waals surface area (Å²) in [5.41, 5.74) is 1.50. The van der Waals surface area contributed by atoms with E-state index in [-0.39, 0.29) is 23.9 Å². The van der Waals surface area contributed by atoms with Crippen LogP contribution in [0.15, 0.2) is 18.2 Å². The Hall–Kier alpha value is -1.63. The van der Waals surface area contributed by atoms with Crippen LogP contribution in [0.5, 0.6) is 0 Å². The van der Waals surface area contributed by atoms with E-state index in [9.17, 15) is 9.59 Å². The van der Waals surface area contributed by atoms with E-state index in [1.165, 1.54) is 0 Å². The van der Waals surface area contributed by atoms with Gasteiger partial charge >= 0.3 is 0 Å². The lowest BCUT2D eigenvalue weighted by Gasteiger charge is -2.28. The number of amides is 2. The number of hydrogen-bond donors (Lipinski definition) is 3. The SMILES string of the molecule is CCC(CC)CN1CCC(CNC(=O)c2ccc(C)c(Cl)c2)NC(CCNC)C1=O. The van der Waals surface area contributed by atoms with E-state index < -0.39 is 0 Å². The molecule has 6 nitrogen and oxygen atoms in total. The lowest BCUT2D eigenvalue weighted by Crippen LogP contribution is -2.50. The zero-order valence-electron chi connectivity index (χ0n) is 18.8. The molecule has 2 amide bonds. The van der Waals surface area contributed by atoms with Gasteiger partial charge in [0.25, 0.3) is 5.91 Å². The van der Waals surface area contributed by atoms with Crippen molar-refractivity contribution in [3.05, 3.63) is 34.3 Å². The maximum absolute atomic E-state index is 13.1. The average molecular weight is 437 g/mol.